The lowest BCUT2D eigenvalue weighted by Crippen LogP contribution is -2.15. The van der Waals surface area contributed by atoms with Crippen molar-refractivity contribution in [2.45, 2.75) is 18.8 Å². The van der Waals surface area contributed by atoms with E-state index in [4.69, 9.17) is 16.2 Å². The third-order valence-corrected chi connectivity index (χ3v) is 2.83. The molecule has 0 saturated carbocycles. The molecule has 0 aromatic heterocycles. The van der Waals surface area contributed by atoms with Crippen LogP contribution in [0.4, 0.5) is 11.4 Å². The number of ether oxygens (including phenoxy) is 1. The highest BCUT2D eigenvalue weighted by Crippen LogP contribution is 2.33. The predicted molar refractivity (Wildman–Crippen MR) is 58.1 cm³/mol. The first-order valence-corrected chi connectivity index (χ1v) is 5.00. The minimum absolute atomic E-state index is 0.521. The lowest BCUT2D eigenvalue weighted by Gasteiger charge is -2.24. The van der Waals surface area contributed by atoms with E-state index >= 15 is 0 Å². The SMILES string of the molecule is Nc1cccc(C2CCOCC2)c1N. The highest BCUT2D eigenvalue weighted by Gasteiger charge is 2.18. The molecule has 2 rings (SSSR count). The normalized spacial score (nSPS) is 18.3. The van der Waals surface area contributed by atoms with Gasteiger partial charge < -0.3 is 16.2 Å². The van der Waals surface area contributed by atoms with Gasteiger partial charge in [0.1, 0.15) is 0 Å². The molecule has 0 unspecified atom stereocenters. The molecule has 1 aromatic carbocycles. The second kappa shape index (κ2) is 3.88. The molecule has 0 radical (unpaired) electrons. The Bertz CT molecular complexity index is 319. The van der Waals surface area contributed by atoms with Gasteiger partial charge in [0.2, 0.25) is 0 Å². The minimum Gasteiger partial charge on any atom is -0.397 e. The average molecular weight is 192 g/mol. The summed E-state index contributed by atoms with van der Waals surface area (Å²) in [7, 11) is 0. The van der Waals surface area contributed by atoms with Gasteiger partial charge >= 0.3 is 0 Å². The van der Waals surface area contributed by atoms with Gasteiger partial charge in [0.25, 0.3) is 0 Å². The third-order valence-electron chi connectivity index (χ3n) is 2.83. The standard InChI is InChI=1S/C11H16N2O/c12-10-3-1-2-9(11(10)13)8-4-6-14-7-5-8/h1-3,8H,4-7,12-13H2. The first-order valence-electron chi connectivity index (χ1n) is 5.00. The van der Waals surface area contributed by atoms with E-state index in [0.717, 1.165) is 31.7 Å². The molecular weight excluding hydrogens is 176 g/mol. The number of hydrogen-bond donors (Lipinski definition) is 2. The molecule has 0 spiro atoms. The summed E-state index contributed by atoms with van der Waals surface area (Å²) in [6.07, 6.45) is 2.10. The summed E-state index contributed by atoms with van der Waals surface area (Å²) in [4.78, 5) is 0. The van der Waals surface area contributed by atoms with Gasteiger partial charge in [-0.1, -0.05) is 12.1 Å². The number of anilines is 2. The maximum atomic E-state index is 5.95. The molecule has 1 saturated heterocycles. The summed E-state index contributed by atoms with van der Waals surface area (Å²) in [6, 6.07) is 5.89. The summed E-state index contributed by atoms with van der Waals surface area (Å²) in [5.74, 6) is 0.521. The van der Waals surface area contributed by atoms with Crippen LogP contribution in [0.25, 0.3) is 0 Å². The number of hydrogen-bond acceptors (Lipinski definition) is 3. The first kappa shape index (κ1) is 9.34. The van der Waals surface area contributed by atoms with Gasteiger partial charge in [0.05, 0.1) is 11.4 Å². The van der Waals surface area contributed by atoms with E-state index in [1.165, 1.54) is 5.56 Å². The van der Waals surface area contributed by atoms with Crippen molar-refractivity contribution in [1.29, 1.82) is 0 Å². The largest absolute Gasteiger partial charge is 0.397 e. The van der Waals surface area contributed by atoms with Gasteiger partial charge in [-0.2, -0.15) is 0 Å². The molecule has 1 heterocycles. The van der Waals surface area contributed by atoms with E-state index in [9.17, 15) is 0 Å². The van der Waals surface area contributed by atoms with Gasteiger partial charge in [-0.15, -0.1) is 0 Å². The minimum atomic E-state index is 0.521. The molecule has 0 atom stereocenters. The zero-order valence-electron chi connectivity index (χ0n) is 8.20. The smallest absolute Gasteiger partial charge is 0.0583 e. The van der Waals surface area contributed by atoms with Crippen LogP contribution in [0.15, 0.2) is 18.2 Å². The third kappa shape index (κ3) is 1.68. The number of para-hydroxylation sites is 1. The van der Waals surface area contributed by atoms with Gasteiger partial charge in [0, 0.05) is 13.2 Å². The van der Waals surface area contributed by atoms with Crippen molar-refractivity contribution in [2.24, 2.45) is 0 Å². The molecule has 1 fully saturated rings. The van der Waals surface area contributed by atoms with Crippen molar-refractivity contribution >= 4 is 11.4 Å². The Balaban J connectivity index is 2.26. The van der Waals surface area contributed by atoms with Crippen molar-refractivity contribution in [3.63, 3.8) is 0 Å². The van der Waals surface area contributed by atoms with E-state index < -0.39 is 0 Å². The lowest BCUT2D eigenvalue weighted by molar-refractivity contribution is 0.0855. The lowest BCUT2D eigenvalue weighted by atomic mass is 9.90. The summed E-state index contributed by atoms with van der Waals surface area (Å²) >= 11 is 0. The quantitative estimate of drug-likeness (QED) is 0.666. The summed E-state index contributed by atoms with van der Waals surface area (Å²) in [6.45, 7) is 1.66. The predicted octanol–water partition coefficient (Wildman–Crippen LogP) is 1.75. The van der Waals surface area contributed by atoms with Crippen LogP contribution in [0.5, 0.6) is 0 Å². The summed E-state index contributed by atoms with van der Waals surface area (Å²) in [5, 5.41) is 0. The average Bonchev–Trinajstić information content (AvgIpc) is 2.23. The van der Waals surface area contributed by atoms with E-state index in [-0.39, 0.29) is 0 Å². The Kier molecular flexibility index (Phi) is 2.59. The zero-order chi connectivity index (χ0) is 9.97. The molecule has 0 bridgehead atoms. The van der Waals surface area contributed by atoms with E-state index in [1.807, 2.05) is 12.1 Å². The second-order valence-electron chi connectivity index (χ2n) is 3.74. The highest BCUT2D eigenvalue weighted by molar-refractivity contribution is 5.68. The molecular formula is C11H16N2O. The Morgan fingerprint density at radius 2 is 1.86 bits per heavy atom. The molecule has 14 heavy (non-hydrogen) atoms. The van der Waals surface area contributed by atoms with E-state index in [1.54, 1.807) is 0 Å². The fourth-order valence-electron chi connectivity index (χ4n) is 1.97. The first-order chi connectivity index (χ1) is 6.79. The zero-order valence-corrected chi connectivity index (χ0v) is 8.20. The van der Waals surface area contributed by atoms with Crippen molar-refractivity contribution in [3.8, 4) is 0 Å². The van der Waals surface area contributed by atoms with Crippen LogP contribution >= 0.6 is 0 Å². The maximum absolute atomic E-state index is 5.95. The van der Waals surface area contributed by atoms with Gasteiger partial charge in [-0.25, -0.2) is 0 Å². The molecule has 3 nitrogen and oxygen atoms in total. The van der Waals surface area contributed by atoms with Crippen LogP contribution in [-0.4, -0.2) is 13.2 Å². The Hall–Kier alpha value is -1.22. The van der Waals surface area contributed by atoms with E-state index in [2.05, 4.69) is 6.07 Å². The van der Waals surface area contributed by atoms with Crippen LogP contribution in [0, 0.1) is 0 Å². The molecule has 1 aliphatic rings. The van der Waals surface area contributed by atoms with Gasteiger partial charge in [0.15, 0.2) is 0 Å². The summed E-state index contributed by atoms with van der Waals surface area (Å²) in [5.41, 5.74) is 14.3. The van der Waals surface area contributed by atoms with Gasteiger partial charge in [-0.3, -0.25) is 0 Å². The molecule has 4 N–H and O–H groups in total. The van der Waals surface area contributed by atoms with Crippen molar-refractivity contribution in [1.82, 2.24) is 0 Å². The molecule has 3 heteroatoms. The Morgan fingerprint density at radius 3 is 2.57 bits per heavy atom. The highest BCUT2D eigenvalue weighted by atomic mass is 16.5. The number of benzene rings is 1. The van der Waals surface area contributed by atoms with Crippen molar-refractivity contribution in [2.75, 3.05) is 24.7 Å². The van der Waals surface area contributed by atoms with Crippen molar-refractivity contribution < 1.29 is 4.74 Å². The number of nitrogen functional groups attached to an aromatic ring is 2. The van der Waals surface area contributed by atoms with E-state index in [0.29, 0.717) is 11.6 Å². The Morgan fingerprint density at radius 1 is 1.14 bits per heavy atom. The molecule has 1 aliphatic heterocycles. The maximum Gasteiger partial charge on any atom is 0.0583 e. The fraction of sp³-hybridized carbons (Fsp3) is 0.455. The van der Waals surface area contributed by atoms with Crippen LogP contribution in [-0.2, 0) is 4.74 Å². The summed E-state index contributed by atoms with van der Waals surface area (Å²) < 4.78 is 5.32. The second-order valence-corrected chi connectivity index (χ2v) is 3.74. The van der Waals surface area contributed by atoms with Crippen LogP contribution in [0.1, 0.15) is 24.3 Å². The van der Waals surface area contributed by atoms with Crippen LogP contribution in [0.2, 0.25) is 0 Å². The topological polar surface area (TPSA) is 61.3 Å². The Labute approximate surface area is 84.0 Å². The number of rotatable bonds is 1. The molecule has 0 amide bonds. The van der Waals surface area contributed by atoms with Crippen molar-refractivity contribution in [3.05, 3.63) is 23.8 Å². The molecule has 76 valence electrons. The van der Waals surface area contributed by atoms with Crippen LogP contribution < -0.4 is 11.5 Å². The fourth-order valence-corrected chi connectivity index (χ4v) is 1.97. The number of nitrogens with two attached hydrogens (primary N) is 2. The van der Waals surface area contributed by atoms with Crippen LogP contribution in [0.3, 0.4) is 0 Å². The molecule has 1 aromatic rings. The van der Waals surface area contributed by atoms with Gasteiger partial charge in [-0.05, 0) is 30.4 Å². The molecule has 0 aliphatic carbocycles. The monoisotopic (exact) mass is 192 g/mol.